The van der Waals surface area contributed by atoms with Gasteiger partial charge >= 0.3 is 0 Å². The maximum atomic E-state index is 2.75. The van der Waals surface area contributed by atoms with Crippen LogP contribution in [0, 0.1) is 11.3 Å². The summed E-state index contributed by atoms with van der Waals surface area (Å²) in [7, 11) is 0. The van der Waals surface area contributed by atoms with Crippen molar-refractivity contribution >= 4 is 0 Å². The van der Waals surface area contributed by atoms with E-state index >= 15 is 0 Å². The zero-order valence-corrected chi connectivity index (χ0v) is 10.0. The summed E-state index contributed by atoms with van der Waals surface area (Å²) in [5.74, 6) is 0.992. The molecule has 4 aliphatic rings. The number of piperidine rings is 2. The molecular formula is C13H24N2. The molecule has 2 nitrogen and oxygen atoms in total. The summed E-state index contributed by atoms with van der Waals surface area (Å²) < 4.78 is 0. The van der Waals surface area contributed by atoms with Crippen LogP contribution in [0.2, 0.25) is 0 Å². The molecule has 4 bridgehead atoms. The van der Waals surface area contributed by atoms with Crippen LogP contribution < -0.4 is 0 Å². The number of nitrogens with zero attached hydrogens (tertiary/aromatic N) is 2. The summed E-state index contributed by atoms with van der Waals surface area (Å²) in [6.45, 7) is 10.6. The average molecular weight is 208 g/mol. The van der Waals surface area contributed by atoms with E-state index in [1.54, 1.807) is 0 Å². The van der Waals surface area contributed by atoms with Gasteiger partial charge in [0.15, 0.2) is 0 Å². The van der Waals surface area contributed by atoms with E-state index in [4.69, 9.17) is 0 Å². The van der Waals surface area contributed by atoms with Crippen LogP contribution in [0.1, 0.15) is 32.6 Å². The Kier molecular flexibility index (Phi) is 2.52. The molecule has 4 saturated heterocycles. The van der Waals surface area contributed by atoms with Gasteiger partial charge in [0.2, 0.25) is 0 Å². The number of unbranched alkanes of at least 4 members (excludes halogenated alkanes) is 1. The van der Waals surface area contributed by atoms with Crippen LogP contribution >= 0.6 is 0 Å². The molecular weight excluding hydrogens is 184 g/mol. The minimum atomic E-state index is 0.688. The highest BCUT2D eigenvalue weighted by molar-refractivity contribution is 5.00. The third-order valence-electron chi connectivity index (χ3n) is 4.67. The standard InChI is InChI=1S/C13H24N2/c1-2-3-4-13-7-12-8-14(10-13)5-6-15(9-12)11-13/h12H,2-11H2,1H3. The van der Waals surface area contributed by atoms with Gasteiger partial charge in [-0.1, -0.05) is 19.8 Å². The predicted molar refractivity (Wildman–Crippen MR) is 62.9 cm³/mol. The highest BCUT2D eigenvalue weighted by atomic mass is 15.3. The molecule has 15 heavy (non-hydrogen) atoms. The number of fused-ring (bicyclic) bond motifs is 1. The molecule has 0 spiro atoms. The second-order valence-corrected chi connectivity index (χ2v) is 6.14. The largest absolute Gasteiger partial charge is 0.301 e. The van der Waals surface area contributed by atoms with Crippen LogP contribution in [-0.4, -0.2) is 49.1 Å². The predicted octanol–water partition coefficient (Wildman–Crippen LogP) is 1.81. The van der Waals surface area contributed by atoms with Gasteiger partial charge in [-0.05, 0) is 24.2 Å². The molecule has 0 aromatic carbocycles. The lowest BCUT2D eigenvalue weighted by atomic mass is 9.70. The van der Waals surface area contributed by atoms with Crippen molar-refractivity contribution in [1.82, 2.24) is 9.80 Å². The van der Waals surface area contributed by atoms with E-state index in [-0.39, 0.29) is 0 Å². The average Bonchev–Trinajstić information content (AvgIpc) is 2.42. The fourth-order valence-electron chi connectivity index (χ4n) is 4.22. The van der Waals surface area contributed by atoms with E-state index in [9.17, 15) is 0 Å². The Morgan fingerprint density at radius 2 is 1.80 bits per heavy atom. The molecule has 2 atom stereocenters. The van der Waals surface area contributed by atoms with Gasteiger partial charge in [0.25, 0.3) is 0 Å². The van der Waals surface area contributed by atoms with Crippen molar-refractivity contribution < 1.29 is 0 Å². The van der Waals surface area contributed by atoms with Crippen LogP contribution in [-0.2, 0) is 0 Å². The first-order valence-electron chi connectivity index (χ1n) is 6.74. The van der Waals surface area contributed by atoms with Crippen molar-refractivity contribution in [2.45, 2.75) is 32.6 Å². The minimum Gasteiger partial charge on any atom is -0.301 e. The van der Waals surface area contributed by atoms with Crippen molar-refractivity contribution in [3.05, 3.63) is 0 Å². The summed E-state index contributed by atoms with van der Waals surface area (Å²) in [6, 6.07) is 0. The summed E-state index contributed by atoms with van der Waals surface area (Å²) in [4.78, 5) is 5.49. The first-order chi connectivity index (χ1) is 7.30. The first-order valence-corrected chi connectivity index (χ1v) is 6.74. The van der Waals surface area contributed by atoms with E-state index < -0.39 is 0 Å². The van der Waals surface area contributed by atoms with Crippen molar-refractivity contribution in [1.29, 1.82) is 0 Å². The zero-order valence-electron chi connectivity index (χ0n) is 10.0. The van der Waals surface area contributed by atoms with Crippen molar-refractivity contribution in [3.8, 4) is 0 Å². The molecule has 4 heterocycles. The molecule has 4 rings (SSSR count). The van der Waals surface area contributed by atoms with Gasteiger partial charge in [-0.25, -0.2) is 0 Å². The van der Waals surface area contributed by atoms with Crippen molar-refractivity contribution in [2.75, 3.05) is 39.3 Å². The van der Waals surface area contributed by atoms with Gasteiger partial charge in [0.05, 0.1) is 0 Å². The Morgan fingerprint density at radius 3 is 2.40 bits per heavy atom. The molecule has 0 aromatic rings. The summed E-state index contributed by atoms with van der Waals surface area (Å²) in [5.41, 5.74) is 0.688. The van der Waals surface area contributed by atoms with Crippen LogP contribution in [0.5, 0.6) is 0 Å². The highest BCUT2D eigenvalue weighted by Gasteiger charge is 2.46. The molecule has 4 fully saturated rings. The molecule has 0 aromatic heterocycles. The van der Waals surface area contributed by atoms with Gasteiger partial charge in [-0.2, -0.15) is 0 Å². The van der Waals surface area contributed by atoms with Crippen LogP contribution in [0.3, 0.4) is 0 Å². The Morgan fingerprint density at radius 1 is 1.13 bits per heavy atom. The maximum absolute atomic E-state index is 2.75. The van der Waals surface area contributed by atoms with Crippen molar-refractivity contribution in [2.24, 2.45) is 11.3 Å². The Balaban J connectivity index is 1.78. The van der Waals surface area contributed by atoms with E-state index in [0.29, 0.717) is 5.41 Å². The molecule has 0 saturated carbocycles. The third kappa shape index (κ3) is 1.83. The van der Waals surface area contributed by atoms with Gasteiger partial charge in [0.1, 0.15) is 0 Å². The number of rotatable bonds is 3. The summed E-state index contributed by atoms with van der Waals surface area (Å²) in [5, 5.41) is 0. The normalized spacial score (nSPS) is 48.2. The lowest BCUT2D eigenvalue weighted by Crippen LogP contribution is -2.54. The van der Waals surface area contributed by atoms with Gasteiger partial charge in [-0.15, -0.1) is 0 Å². The minimum absolute atomic E-state index is 0.688. The second-order valence-electron chi connectivity index (χ2n) is 6.14. The molecule has 0 aliphatic carbocycles. The Hall–Kier alpha value is -0.0800. The van der Waals surface area contributed by atoms with E-state index in [2.05, 4.69) is 16.7 Å². The number of hydrogen-bond acceptors (Lipinski definition) is 2. The highest BCUT2D eigenvalue weighted by Crippen LogP contribution is 2.43. The molecule has 0 amide bonds. The van der Waals surface area contributed by atoms with Gasteiger partial charge in [-0.3, -0.25) is 0 Å². The molecule has 2 unspecified atom stereocenters. The summed E-state index contributed by atoms with van der Waals surface area (Å²) in [6.07, 6.45) is 5.81. The second kappa shape index (κ2) is 3.74. The quantitative estimate of drug-likeness (QED) is 0.698. The van der Waals surface area contributed by atoms with Crippen LogP contribution in [0.4, 0.5) is 0 Å². The van der Waals surface area contributed by atoms with Gasteiger partial charge < -0.3 is 9.80 Å². The monoisotopic (exact) mass is 208 g/mol. The number of hydrogen-bond donors (Lipinski definition) is 0. The van der Waals surface area contributed by atoms with E-state index in [1.807, 2.05) is 0 Å². The lowest BCUT2D eigenvalue weighted by molar-refractivity contribution is -0.000843. The lowest BCUT2D eigenvalue weighted by Gasteiger charge is -2.50. The van der Waals surface area contributed by atoms with E-state index in [0.717, 1.165) is 5.92 Å². The SMILES string of the molecule is CCCCC12CC3CN(CCN(C3)C1)C2. The molecule has 2 heteroatoms. The van der Waals surface area contributed by atoms with E-state index in [1.165, 1.54) is 65.0 Å². The fourth-order valence-corrected chi connectivity index (χ4v) is 4.22. The fraction of sp³-hybridized carbons (Fsp3) is 1.00. The Labute approximate surface area is 93.6 Å². The molecule has 86 valence electrons. The van der Waals surface area contributed by atoms with Crippen LogP contribution in [0.15, 0.2) is 0 Å². The third-order valence-corrected chi connectivity index (χ3v) is 4.67. The van der Waals surface area contributed by atoms with Crippen LogP contribution in [0.25, 0.3) is 0 Å². The molecule has 0 radical (unpaired) electrons. The topological polar surface area (TPSA) is 6.48 Å². The molecule has 0 N–H and O–H groups in total. The summed E-state index contributed by atoms with van der Waals surface area (Å²) >= 11 is 0. The smallest absolute Gasteiger partial charge is 0.0110 e. The zero-order chi connectivity index (χ0) is 10.3. The van der Waals surface area contributed by atoms with Crippen molar-refractivity contribution in [3.63, 3.8) is 0 Å². The Bertz CT molecular complexity index is 223. The maximum Gasteiger partial charge on any atom is 0.0110 e. The first kappa shape index (κ1) is 10.1. The van der Waals surface area contributed by atoms with Gasteiger partial charge in [0, 0.05) is 39.3 Å². The molecule has 4 aliphatic heterocycles.